The highest BCUT2D eigenvalue weighted by molar-refractivity contribution is 6.08. The van der Waals surface area contributed by atoms with Crippen LogP contribution in [0.4, 0.5) is 10.1 Å². The molecule has 1 aromatic heterocycles. The smallest absolute Gasteiger partial charge is 0.261 e. The van der Waals surface area contributed by atoms with Crippen LogP contribution in [0, 0.1) is 12.7 Å². The quantitative estimate of drug-likeness (QED) is 0.750. The second kappa shape index (κ2) is 7.49. The molecule has 5 nitrogen and oxygen atoms in total. The van der Waals surface area contributed by atoms with E-state index in [-0.39, 0.29) is 11.7 Å². The number of aryl methyl sites for hydroxylation is 1. The number of nitrogens with one attached hydrogen (secondary N) is 1. The molecule has 134 valence electrons. The lowest BCUT2D eigenvalue weighted by atomic mass is 10.1. The molecule has 0 radical (unpaired) electrons. The van der Waals surface area contributed by atoms with Crippen LogP contribution in [-0.2, 0) is 6.54 Å². The van der Waals surface area contributed by atoms with Gasteiger partial charge < -0.3 is 14.7 Å². The van der Waals surface area contributed by atoms with Crippen molar-refractivity contribution in [2.24, 2.45) is 0 Å². The van der Waals surface area contributed by atoms with Crippen molar-refractivity contribution in [2.45, 2.75) is 13.5 Å². The highest BCUT2D eigenvalue weighted by Gasteiger charge is 2.21. The Morgan fingerprint density at radius 1 is 1.19 bits per heavy atom. The molecule has 0 spiro atoms. The lowest BCUT2D eigenvalue weighted by Gasteiger charge is -2.11. The predicted molar refractivity (Wildman–Crippen MR) is 98.4 cm³/mol. The summed E-state index contributed by atoms with van der Waals surface area (Å²) in [5.74, 6) is -0.256. The van der Waals surface area contributed by atoms with Crippen molar-refractivity contribution in [3.63, 3.8) is 0 Å². The van der Waals surface area contributed by atoms with Gasteiger partial charge in [-0.05, 0) is 63.0 Å². The minimum Gasteiger partial charge on any atom is -0.360 e. The molecule has 1 heterocycles. The summed E-state index contributed by atoms with van der Waals surface area (Å²) in [6, 6.07) is 13.5. The second-order valence-electron chi connectivity index (χ2n) is 6.36. The first-order valence-corrected chi connectivity index (χ1v) is 8.21. The van der Waals surface area contributed by atoms with Crippen molar-refractivity contribution in [1.29, 1.82) is 0 Å². The fourth-order valence-corrected chi connectivity index (χ4v) is 2.75. The molecule has 0 saturated carbocycles. The summed E-state index contributed by atoms with van der Waals surface area (Å²) in [7, 11) is 3.97. The Morgan fingerprint density at radius 2 is 1.92 bits per heavy atom. The van der Waals surface area contributed by atoms with E-state index >= 15 is 0 Å². The first-order valence-electron chi connectivity index (χ1n) is 8.21. The van der Waals surface area contributed by atoms with Crippen molar-refractivity contribution in [2.75, 3.05) is 19.4 Å². The molecule has 0 aliphatic heterocycles. The number of benzene rings is 2. The van der Waals surface area contributed by atoms with Crippen molar-refractivity contribution in [1.82, 2.24) is 10.1 Å². The van der Waals surface area contributed by atoms with Crippen LogP contribution in [0.2, 0.25) is 0 Å². The van der Waals surface area contributed by atoms with Gasteiger partial charge in [0.1, 0.15) is 22.8 Å². The summed E-state index contributed by atoms with van der Waals surface area (Å²) in [6.07, 6.45) is 0. The molecule has 1 N–H and O–H groups in total. The van der Waals surface area contributed by atoms with Gasteiger partial charge in [0.05, 0.1) is 0 Å². The van der Waals surface area contributed by atoms with E-state index in [9.17, 15) is 9.18 Å². The lowest BCUT2D eigenvalue weighted by Crippen LogP contribution is -2.14. The monoisotopic (exact) mass is 353 g/mol. The third kappa shape index (κ3) is 3.97. The van der Waals surface area contributed by atoms with E-state index in [0.717, 1.165) is 12.1 Å². The number of aromatic nitrogens is 1. The minimum absolute atomic E-state index is 0.315. The number of halogens is 1. The maximum Gasteiger partial charge on any atom is 0.261 e. The molecule has 0 fully saturated rings. The highest BCUT2D eigenvalue weighted by Crippen LogP contribution is 2.26. The maximum absolute atomic E-state index is 13.2. The van der Waals surface area contributed by atoms with E-state index in [2.05, 4.69) is 15.4 Å². The molecular weight excluding hydrogens is 333 g/mol. The van der Waals surface area contributed by atoms with Crippen LogP contribution in [0.25, 0.3) is 11.3 Å². The molecule has 0 saturated heterocycles. The number of amides is 1. The number of nitrogens with zero attached hydrogens (tertiary/aromatic N) is 2. The molecule has 0 unspecified atom stereocenters. The Balaban J connectivity index is 1.87. The van der Waals surface area contributed by atoms with Crippen LogP contribution < -0.4 is 5.32 Å². The third-order valence-electron chi connectivity index (χ3n) is 3.89. The van der Waals surface area contributed by atoms with E-state index in [4.69, 9.17) is 4.52 Å². The lowest BCUT2D eigenvalue weighted by molar-refractivity contribution is 0.102. The first-order chi connectivity index (χ1) is 12.4. The summed E-state index contributed by atoms with van der Waals surface area (Å²) in [4.78, 5) is 14.8. The van der Waals surface area contributed by atoms with Gasteiger partial charge >= 0.3 is 0 Å². The summed E-state index contributed by atoms with van der Waals surface area (Å²) in [6.45, 7) is 2.45. The molecule has 0 bridgehead atoms. The molecule has 6 heteroatoms. The Hall–Kier alpha value is -2.99. The molecule has 3 aromatic rings. The molecule has 0 aliphatic rings. The average molecular weight is 353 g/mol. The van der Waals surface area contributed by atoms with Gasteiger partial charge in [-0.2, -0.15) is 0 Å². The summed E-state index contributed by atoms with van der Waals surface area (Å²) in [5.41, 5.74) is 3.14. The fraction of sp³-hybridized carbons (Fsp3) is 0.200. The summed E-state index contributed by atoms with van der Waals surface area (Å²) < 4.78 is 18.4. The Kier molecular flexibility index (Phi) is 5.14. The molecule has 3 rings (SSSR count). The highest BCUT2D eigenvalue weighted by atomic mass is 19.1. The number of anilines is 1. The molecular formula is C20H20FN3O2. The van der Waals surface area contributed by atoms with E-state index in [1.165, 1.54) is 12.1 Å². The zero-order valence-electron chi connectivity index (χ0n) is 14.9. The Labute approximate surface area is 151 Å². The van der Waals surface area contributed by atoms with Gasteiger partial charge in [0, 0.05) is 17.8 Å². The van der Waals surface area contributed by atoms with Crippen LogP contribution in [0.3, 0.4) is 0 Å². The normalized spacial score (nSPS) is 11.0. The zero-order valence-corrected chi connectivity index (χ0v) is 14.9. The topological polar surface area (TPSA) is 58.4 Å². The van der Waals surface area contributed by atoms with Crippen molar-refractivity contribution in [3.8, 4) is 11.3 Å². The predicted octanol–water partition coefficient (Wildman–Crippen LogP) is 4.10. The van der Waals surface area contributed by atoms with Crippen LogP contribution >= 0.6 is 0 Å². The first kappa shape index (κ1) is 17.8. The van der Waals surface area contributed by atoms with Crippen molar-refractivity contribution in [3.05, 3.63) is 71.2 Å². The standard InChI is InChI=1S/C20H20FN3O2/c1-13-18(19(23-26-13)15-7-9-16(21)10-8-15)20(25)22-17-6-4-5-14(11-17)12-24(2)3/h4-11H,12H2,1-3H3,(H,22,25). The zero-order chi connectivity index (χ0) is 18.7. The number of carbonyl (C=O) groups is 1. The summed E-state index contributed by atoms with van der Waals surface area (Å²) in [5, 5.41) is 6.86. The van der Waals surface area contributed by atoms with E-state index in [1.807, 2.05) is 38.4 Å². The number of carbonyl (C=O) groups excluding carboxylic acids is 1. The summed E-state index contributed by atoms with van der Waals surface area (Å²) >= 11 is 0. The average Bonchev–Trinajstić information content (AvgIpc) is 2.97. The Bertz CT molecular complexity index is 917. The molecule has 2 aromatic carbocycles. The van der Waals surface area contributed by atoms with E-state index < -0.39 is 0 Å². The fourth-order valence-electron chi connectivity index (χ4n) is 2.75. The second-order valence-corrected chi connectivity index (χ2v) is 6.36. The van der Waals surface area contributed by atoms with E-state index in [1.54, 1.807) is 19.1 Å². The molecule has 0 atom stereocenters. The molecule has 1 amide bonds. The van der Waals surface area contributed by atoms with E-state index in [0.29, 0.717) is 28.3 Å². The van der Waals surface area contributed by atoms with Gasteiger partial charge in [-0.15, -0.1) is 0 Å². The third-order valence-corrected chi connectivity index (χ3v) is 3.89. The van der Waals surface area contributed by atoms with Crippen LogP contribution in [-0.4, -0.2) is 30.1 Å². The number of rotatable bonds is 5. The molecule has 0 aliphatic carbocycles. The van der Waals surface area contributed by atoms with Crippen molar-refractivity contribution < 1.29 is 13.7 Å². The van der Waals surface area contributed by atoms with Gasteiger partial charge in [-0.25, -0.2) is 4.39 Å². The van der Waals surface area contributed by atoms with Crippen LogP contribution in [0.5, 0.6) is 0 Å². The largest absolute Gasteiger partial charge is 0.360 e. The maximum atomic E-state index is 13.2. The molecule has 26 heavy (non-hydrogen) atoms. The van der Waals surface area contributed by atoms with Crippen LogP contribution in [0.1, 0.15) is 21.7 Å². The minimum atomic E-state index is -0.349. The number of hydrogen-bond donors (Lipinski definition) is 1. The van der Waals surface area contributed by atoms with Gasteiger partial charge in [-0.1, -0.05) is 17.3 Å². The Morgan fingerprint density at radius 3 is 2.62 bits per heavy atom. The van der Waals surface area contributed by atoms with Gasteiger partial charge in [0.15, 0.2) is 0 Å². The SMILES string of the molecule is Cc1onc(-c2ccc(F)cc2)c1C(=O)Nc1cccc(CN(C)C)c1. The van der Waals surface area contributed by atoms with Gasteiger partial charge in [-0.3, -0.25) is 4.79 Å². The van der Waals surface area contributed by atoms with Gasteiger partial charge in [0.2, 0.25) is 0 Å². The van der Waals surface area contributed by atoms with Crippen molar-refractivity contribution >= 4 is 11.6 Å². The van der Waals surface area contributed by atoms with Crippen LogP contribution in [0.15, 0.2) is 53.1 Å². The van der Waals surface area contributed by atoms with Gasteiger partial charge in [0.25, 0.3) is 5.91 Å². The number of hydrogen-bond acceptors (Lipinski definition) is 4.